The van der Waals surface area contributed by atoms with Crippen LogP contribution in [0.25, 0.3) is 5.69 Å². The third-order valence-corrected chi connectivity index (χ3v) is 2.92. The first kappa shape index (κ1) is 12.6. The summed E-state index contributed by atoms with van der Waals surface area (Å²) in [6.45, 7) is 1.57. The van der Waals surface area contributed by atoms with Crippen LogP contribution in [0.2, 0.25) is 0 Å². The molecule has 3 aromatic rings. The van der Waals surface area contributed by atoms with Crippen molar-refractivity contribution in [2.75, 3.05) is 6.54 Å². The molecule has 0 unspecified atom stereocenters. The molecule has 2 heterocycles. The van der Waals surface area contributed by atoms with E-state index in [2.05, 4.69) is 25.1 Å². The second kappa shape index (κ2) is 6.12. The van der Waals surface area contributed by atoms with Crippen LogP contribution in [-0.4, -0.2) is 26.5 Å². The van der Waals surface area contributed by atoms with Crippen molar-refractivity contribution >= 4 is 0 Å². The highest BCUT2D eigenvalue weighted by atomic mass is 16.5. The molecule has 6 heteroatoms. The normalized spacial score (nSPS) is 10.8. The molecule has 102 valence electrons. The van der Waals surface area contributed by atoms with Crippen molar-refractivity contribution in [3.8, 4) is 5.69 Å². The van der Waals surface area contributed by atoms with Crippen LogP contribution in [0.5, 0.6) is 0 Å². The summed E-state index contributed by atoms with van der Waals surface area (Å²) in [7, 11) is 0. The van der Waals surface area contributed by atoms with E-state index in [4.69, 9.17) is 0 Å². The Morgan fingerprint density at radius 2 is 2.10 bits per heavy atom. The van der Waals surface area contributed by atoms with Crippen molar-refractivity contribution in [2.45, 2.75) is 13.0 Å². The van der Waals surface area contributed by atoms with Gasteiger partial charge in [-0.25, -0.2) is 4.68 Å². The van der Waals surface area contributed by atoms with Crippen LogP contribution in [0.15, 0.2) is 53.6 Å². The van der Waals surface area contributed by atoms with Crippen LogP contribution in [-0.2, 0) is 13.0 Å². The van der Waals surface area contributed by atoms with Crippen LogP contribution in [0.4, 0.5) is 0 Å². The number of aromatic nitrogens is 4. The maximum absolute atomic E-state index is 4.68. The lowest BCUT2D eigenvalue weighted by Crippen LogP contribution is -2.16. The minimum absolute atomic E-state index is 0.720. The molecule has 0 fully saturated rings. The Hall–Kier alpha value is -2.47. The molecule has 2 aromatic heterocycles. The number of nitrogens with one attached hydrogen (secondary N) is 1. The molecule has 0 aliphatic heterocycles. The number of nitrogens with zero attached hydrogens (tertiary/aromatic N) is 4. The van der Waals surface area contributed by atoms with Crippen molar-refractivity contribution in [1.82, 2.24) is 25.2 Å². The first-order valence-corrected chi connectivity index (χ1v) is 6.47. The third-order valence-electron chi connectivity index (χ3n) is 2.92. The average molecular weight is 269 g/mol. The minimum Gasteiger partial charge on any atom is -0.343 e. The topological polar surface area (TPSA) is 68.8 Å². The van der Waals surface area contributed by atoms with Crippen LogP contribution in [0, 0.1) is 0 Å². The monoisotopic (exact) mass is 269 g/mol. The predicted octanol–water partition coefficient (Wildman–Crippen LogP) is 1.59. The van der Waals surface area contributed by atoms with Gasteiger partial charge in [0.2, 0.25) is 6.39 Å². The molecule has 0 amide bonds. The van der Waals surface area contributed by atoms with E-state index in [0.717, 1.165) is 36.6 Å². The fraction of sp³-hybridized carbons (Fsp3) is 0.214. The molecular weight excluding hydrogens is 254 g/mol. The van der Waals surface area contributed by atoms with E-state index in [1.54, 1.807) is 0 Å². The summed E-state index contributed by atoms with van der Waals surface area (Å²) >= 11 is 0. The van der Waals surface area contributed by atoms with Gasteiger partial charge in [-0.3, -0.25) is 0 Å². The largest absolute Gasteiger partial charge is 0.343 e. The van der Waals surface area contributed by atoms with Crippen molar-refractivity contribution in [3.63, 3.8) is 0 Å². The first-order chi connectivity index (χ1) is 9.92. The maximum atomic E-state index is 4.68. The van der Waals surface area contributed by atoms with Crippen LogP contribution < -0.4 is 5.32 Å². The molecule has 0 atom stereocenters. The van der Waals surface area contributed by atoms with Gasteiger partial charge in [0.25, 0.3) is 0 Å². The molecule has 0 aliphatic rings. The Kier molecular flexibility index (Phi) is 3.84. The molecule has 0 saturated carbocycles. The molecule has 0 saturated heterocycles. The standard InChI is InChI=1S/C14H15N5O/c1-2-4-13(5-3-1)19-10-12(9-17-19)8-15-7-6-14-16-11-20-18-14/h1-5,9-11,15H,6-8H2. The second-order valence-corrected chi connectivity index (χ2v) is 4.40. The summed E-state index contributed by atoms with van der Waals surface area (Å²) < 4.78 is 6.55. The van der Waals surface area contributed by atoms with E-state index in [-0.39, 0.29) is 0 Å². The van der Waals surface area contributed by atoms with E-state index >= 15 is 0 Å². The van der Waals surface area contributed by atoms with Gasteiger partial charge in [-0.1, -0.05) is 23.4 Å². The molecule has 0 spiro atoms. The Bertz CT molecular complexity index is 633. The van der Waals surface area contributed by atoms with Gasteiger partial charge < -0.3 is 9.84 Å². The van der Waals surface area contributed by atoms with Crippen LogP contribution >= 0.6 is 0 Å². The average Bonchev–Trinajstić information content (AvgIpc) is 3.16. The Morgan fingerprint density at radius 3 is 2.90 bits per heavy atom. The summed E-state index contributed by atoms with van der Waals surface area (Å²) in [4.78, 5) is 3.97. The summed E-state index contributed by atoms with van der Waals surface area (Å²) in [5.74, 6) is 0.720. The highest BCUT2D eigenvalue weighted by Gasteiger charge is 2.01. The Morgan fingerprint density at radius 1 is 1.20 bits per heavy atom. The molecule has 0 radical (unpaired) electrons. The minimum atomic E-state index is 0.720. The van der Waals surface area contributed by atoms with Gasteiger partial charge in [0.1, 0.15) is 0 Å². The number of para-hydroxylation sites is 1. The number of hydrogen-bond donors (Lipinski definition) is 1. The van der Waals surface area contributed by atoms with Crippen LogP contribution in [0.1, 0.15) is 11.4 Å². The Labute approximate surface area is 116 Å². The van der Waals surface area contributed by atoms with Gasteiger partial charge in [-0.05, 0) is 12.1 Å². The molecule has 1 N–H and O–H groups in total. The molecule has 0 bridgehead atoms. The highest BCUT2D eigenvalue weighted by molar-refractivity contribution is 5.30. The first-order valence-electron chi connectivity index (χ1n) is 6.47. The number of hydrogen-bond acceptors (Lipinski definition) is 5. The van der Waals surface area contributed by atoms with E-state index < -0.39 is 0 Å². The summed E-state index contributed by atoms with van der Waals surface area (Å²) in [6.07, 6.45) is 5.99. The third kappa shape index (κ3) is 3.10. The van der Waals surface area contributed by atoms with E-state index in [9.17, 15) is 0 Å². The van der Waals surface area contributed by atoms with Crippen LogP contribution in [0.3, 0.4) is 0 Å². The van der Waals surface area contributed by atoms with Crippen molar-refractivity contribution in [1.29, 1.82) is 0 Å². The Balaban J connectivity index is 1.50. The molecule has 3 rings (SSSR count). The summed E-state index contributed by atoms with van der Waals surface area (Å²) in [6, 6.07) is 10.0. The number of rotatable bonds is 6. The fourth-order valence-electron chi connectivity index (χ4n) is 1.91. The van der Waals surface area contributed by atoms with Gasteiger partial charge in [0.05, 0.1) is 11.9 Å². The van der Waals surface area contributed by atoms with Gasteiger partial charge in [-0.2, -0.15) is 10.1 Å². The SMILES string of the molecule is c1ccc(-n2cc(CNCCc3ncon3)cn2)cc1. The zero-order valence-corrected chi connectivity index (χ0v) is 10.9. The molecule has 6 nitrogen and oxygen atoms in total. The smallest absolute Gasteiger partial charge is 0.213 e. The van der Waals surface area contributed by atoms with Gasteiger partial charge in [0.15, 0.2) is 5.82 Å². The molecule has 20 heavy (non-hydrogen) atoms. The zero-order valence-electron chi connectivity index (χ0n) is 10.9. The van der Waals surface area contributed by atoms with Crippen molar-refractivity contribution < 1.29 is 4.52 Å². The maximum Gasteiger partial charge on any atom is 0.213 e. The van der Waals surface area contributed by atoms with Gasteiger partial charge in [-0.15, -0.1) is 0 Å². The predicted molar refractivity (Wildman–Crippen MR) is 73.3 cm³/mol. The zero-order chi connectivity index (χ0) is 13.6. The van der Waals surface area contributed by atoms with Gasteiger partial charge in [0, 0.05) is 31.3 Å². The lowest BCUT2D eigenvalue weighted by atomic mass is 10.3. The van der Waals surface area contributed by atoms with Gasteiger partial charge >= 0.3 is 0 Å². The number of benzene rings is 1. The fourth-order valence-corrected chi connectivity index (χ4v) is 1.91. The second-order valence-electron chi connectivity index (χ2n) is 4.40. The molecular formula is C14H15N5O. The van der Waals surface area contributed by atoms with E-state index in [1.165, 1.54) is 6.39 Å². The summed E-state index contributed by atoms with van der Waals surface area (Å²) in [5, 5.41) is 11.4. The van der Waals surface area contributed by atoms with E-state index in [0.29, 0.717) is 0 Å². The quantitative estimate of drug-likeness (QED) is 0.688. The lowest BCUT2D eigenvalue weighted by molar-refractivity contribution is 0.409. The van der Waals surface area contributed by atoms with Crippen molar-refractivity contribution in [3.05, 3.63) is 60.5 Å². The van der Waals surface area contributed by atoms with E-state index in [1.807, 2.05) is 47.4 Å². The molecule has 1 aromatic carbocycles. The lowest BCUT2D eigenvalue weighted by Gasteiger charge is -2.01. The summed E-state index contributed by atoms with van der Waals surface area (Å²) in [5.41, 5.74) is 2.20. The highest BCUT2D eigenvalue weighted by Crippen LogP contribution is 2.07. The molecule has 0 aliphatic carbocycles. The van der Waals surface area contributed by atoms with Crippen molar-refractivity contribution in [2.24, 2.45) is 0 Å².